The van der Waals surface area contributed by atoms with Crippen molar-refractivity contribution in [2.24, 2.45) is 0 Å². The van der Waals surface area contributed by atoms with Gasteiger partial charge in [0.15, 0.2) is 0 Å². The van der Waals surface area contributed by atoms with Gasteiger partial charge in [-0.1, -0.05) is 60.7 Å². The number of aromatic nitrogens is 2. The Balaban J connectivity index is 1.79. The number of carbonyl (C=O) groups excluding carboxylic acids is 1. The SMILES string of the molecule is Nc1cccc(C(=O)n2nc(C=Cc3ccccc3)c3ccccc32)c1. The molecule has 0 fully saturated rings. The molecule has 1 heterocycles. The summed E-state index contributed by atoms with van der Waals surface area (Å²) in [6, 6.07) is 24.6. The van der Waals surface area contributed by atoms with Crippen LogP contribution >= 0.6 is 0 Å². The van der Waals surface area contributed by atoms with E-state index in [0.717, 1.165) is 22.2 Å². The van der Waals surface area contributed by atoms with E-state index in [0.29, 0.717) is 11.3 Å². The van der Waals surface area contributed by atoms with Crippen LogP contribution in [0.1, 0.15) is 21.6 Å². The number of para-hydroxylation sites is 1. The highest BCUT2D eigenvalue weighted by Gasteiger charge is 2.15. The highest BCUT2D eigenvalue weighted by atomic mass is 16.2. The number of benzene rings is 3. The van der Waals surface area contributed by atoms with Crippen LogP contribution in [0.3, 0.4) is 0 Å². The highest BCUT2D eigenvalue weighted by Crippen LogP contribution is 2.22. The second-order valence-corrected chi connectivity index (χ2v) is 5.99. The van der Waals surface area contributed by atoms with Gasteiger partial charge in [0.2, 0.25) is 0 Å². The van der Waals surface area contributed by atoms with Gasteiger partial charge in [-0.15, -0.1) is 0 Å². The lowest BCUT2D eigenvalue weighted by Gasteiger charge is -2.03. The Morgan fingerprint density at radius 2 is 1.65 bits per heavy atom. The summed E-state index contributed by atoms with van der Waals surface area (Å²) >= 11 is 0. The van der Waals surface area contributed by atoms with E-state index in [1.807, 2.05) is 66.7 Å². The third-order valence-corrected chi connectivity index (χ3v) is 4.18. The maximum absolute atomic E-state index is 12.9. The Hall–Kier alpha value is -3.66. The third kappa shape index (κ3) is 3.00. The molecule has 0 aliphatic heterocycles. The van der Waals surface area contributed by atoms with Crippen LogP contribution in [0.25, 0.3) is 23.1 Å². The quantitative estimate of drug-likeness (QED) is 0.560. The van der Waals surface area contributed by atoms with E-state index < -0.39 is 0 Å². The lowest BCUT2D eigenvalue weighted by Crippen LogP contribution is -2.13. The summed E-state index contributed by atoms with van der Waals surface area (Å²) in [5.74, 6) is -0.201. The molecule has 0 saturated heterocycles. The molecular formula is C22H17N3O. The first-order chi connectivity index (χ1) is 12.7. The van der Waals surface area contributed by atoms with Crippen LogP contribution < -0.4 is 5.73 Å². The first kappa shape index (κ1) is 15.8. The van der Waals surface area contributed by atoms with Crippen LogP contribution in [0, 0.1) is 0 Å². The lowest BCUT2D eigenvalue weighted by molar-refractivity contribution is 0.0950. The largest absolute Gasteiger partial charge is 0.399 e. The number of nitrogen functional groups attached to an aromatic ring is 1. The van der Waals surface area contributed by atoms with Gasteiger partial charge in [-0.3, -0.25) is 4.79 Å². The van der Waals surface area contributed by atoms with Gasteiger partial charge in [0.05, 0.1) is 11.2 Å². The fourth-order valence-electron chi connectivity index (χ4n) is 2.90. The molecule has 4 nitrogen and oxygen atoms in total. The van der Waals surface area contributed by atoms with Gasteiger partial charge in [0, 0.05) is 16.6 Å². The Kier molecular flexibility index (Phi) is 4.07. The topological polar surface area (TPSA) is 60.9 Å². The second kappa shape index (κ2) is 6.69. The predicted octanol–water partition coefficient (Wildman–Crippen LogP) is 4.48. The smallest absolute Gasteiger partial charge is 0.278 e. The standard InChI is InChI=1S/C22H17N3O/c23-18-10-6-9-17(15-18)22(26)25-21-12-5-4-11-19(21)20(24-25)14-13-16-7-2-1-3-8-16/h1-15H,23H2. The monoisotopic (exact) mass is 339 g/mol. The van der Waals surface area contributed by atoms with Crippen molar-refractivity contribution in [2.75, 3.05) is 5.73 Å². The average Bonchev–Trinajstić information content (AvgIpc) is 3.05. The Bertz CT molecular complexity index is 1110. The molecule has 0 unspecified atom stereocenters. The predicted molar refractivity (Wildman–Crippen MR) is 106 cm³/mol. The van der Waals surface area contributed by atoms with Crippen molar-refractivity contribution in [3.63, 3.8) is 0 Å². The van der Waals surface area contributed by atoms with Crippen molar-refractivity contribution in [1.29, 1.82) is 0 Å². The van der Waals surface area contributed by atoms with E-state index in [1.54, 1.807) is 24.3 Å². The molecule has 0 spiro atoms. The van der Waals surface area contributed by atoms with Crippen molar-refractivity contribution in [3.05, 3.63) is 95.7 Å². The molecule has 0 aliphatic rings. The van der Waals surface area contributed by atoms with Crippen molar-refractivity contribution < 1.29 is 4.79 Å². The van der Waals surface area contributed by atoms with Crippen LogP contribution in [0.5, 0.6) is 0 Å². The molecule has 0 amide bonds. The van der Waals surface area contributed by atoms with Gasteiger partial charge < -0.3 is 5.73 Å². The molecule has 26 heavy (non-hydrogen) atoms. The summed E-state index contributed by atoms with van der Waals surface area (Å²) in [5, 5.41) is 5.48. The summed E-state index contributed by atoms with van der Waals surface area (Å²) in [6.45, 7) is 0. The summed E-state index contributed by atoms with van der Waals surface area (Å²) in [5.41, 5.74) is 9.47. The number of anilines is 1. The Morgan fingerprint density at radius 3 is 2.46 bits per heavy atom. The van der Waals surface area contributed by atoms with E-state index in [2.05, 4.69) is 5.10 Å². The molecule has 0 saturated carbocycles. The van der Waals surface area contributed by atoms with Crippen LogP contribution in [0.15, 0.2) is 78.9 Å². The minimum Gasteiger partial charge on any atom is -0.399 e. The normalized spacial score (nSPS) is 11.2. The summed E-state index contributed by atoms with van der Waals surface area (Å²) in [7, 11) is 0. The van der Waals surface area contributed by atoms with Crippen molar-refractivity contribution in [2.45, 2.75) is 0 Å². The minimum absolute atomic E-state index is 0.201. The zero-order valence-electron chi connectivity index (χ0n) is 14.0. The minimum atomic E-state index is -0.201. The number of nitrogens with two attached hydrogens (primary N) is 1. The summed E-state index contributed by atoms with van der Waals surface area (Å²) in [6.07, 6.45) is 3.92. The fraction of sp³-hybridized carbons (Fsp3) is 0. The zero-order chi connectivity index (χ0) is 17.9. The molecule has 0 aliphatic carbocycles. The number of fused-ring (bicyclic) bond motifs is 1. The second-order valence-electron chi connectivity index (χ2n) is 5.99. The maximum Gasteiger partial charge on any atom is 0.278 e. The van der Waals surface area contributed by atoms with Gasteiger partial charge in [-0.2, -0.15) is 9.78 Å². The van der Waals surface area contributed by atoms with Crippen molar-refractivity contribution in [3.8, 4) is 0 Å². The average molecular weight is 339 g/mol. The molecule has 4 aromatic rings. The molecule has 126 valence electrons. The number of carbonyl (C=O) groups is 1. The zero-order valence-corrected chi connectivity index (χ0v) is 14.0. The highest BCUT2D eigenvalue weighted by molar-refractivity contribution is 6.03. The molecule has 1 aromatic heterocycles. The molecule has 0 bridgehead atoms. The van der Waals surface area contributed by atoms with Gasteiger partial charge in [0.25, 0.3) is 5.91 Å². The first-order valence-electron chi connectivity index (χ1n) is 8.33. The number of nitrogens with zero attached hydrogens (tertiary/aromatic N) is 2. The summed E-state index contributed by atoms with van der Waals surface area (Å²) < 4.78 is 1.44. The van der Waals surface area contributed by atoms with E-state index >= 15 is 0 Å². The molecule has 4 heteroatoms. The van der Waals surface area contributed by atoms with Gasteiger partial charge >= 0.3 is 0 Å². The Morgan fingerprint density at radius 1 is 0.885 bits per heavy atom. The molecule has 0 radical (unpaired) electrons. The lowest BCUT2D eigenvalue weighted by atomic mass is 10.1. The van der Waals surface area contributed by atoms with Crippen LogP contribution in [0.2, 0.25) is 0 Å². The Labute approximate surface area is 151 Å². The van der Waals surface area contributed by atoms with E-state index in [-0.39, 0.29) is 5.91 Å². The molecule has 3 aromatic carbocycles. The fourth-order valence-corrected chi connectivity index (χ4v) is 2.90. The van der Waals surface area contributed by atoms with Crippen molar-refractivity contribution in [1.82, 2.24) is 9.78 Å². The number of rotatable bonds is 3. The van der Waals surface area contributed by atoms with Crippen LogP contribution in [0.4, 0.5) is 5.69 Å². The van der Waals surface area contributed by atoms with Crippen LogP contribution in [-0.2, 0) is 0 Å². The molecule has 2 N–H and O–H groups in total. The van der Waals surface area contributed by atoms with E-state index in [1.165, 1.54) is 4.68 Å². The number of hydrogen-bond donors (Lipinski definition) is 1. The number of hydrogen-bond acceptors (Lipinski definition) is 3. The summed E-state index contributed by atoms with van der Waals surface area (Å²) in [4.78, 5) is 12.9. The molecule has 4 rings (SSSR count). The third-order valence-electron chi connectivity index (χ3n) is 4.18. The maximum atomic E-state index is 12.9. The molecular weight excluding hydrogens is 322 g/mol. The van der Waals surface area contributed by atoms with Crippen molar-refractivity contribution >= 4 is 34.6 Å². The first-order valence-corrected chi connectivity index (χ1v) is 8.33. The molecule has 0 atom stereocenters. The van der Waals surface area contributed by atoms with E-state index in [9.17, 15) is 4.79 Å². The van der Waals surface area contributed by atoms with Gasteiger partial charge in [-0.05, 0) is 35.9 Å². The van der Waals surface area contributed by atoms with Gasteiger partial charge in [-0.25, -0.2) is 0 Å². The van der Waals surface area contributed by atoms with E-state index in [4.69, 9.17) is 5.73 Å². The van der Waals surface area contributed by atoms with Crippen LogP contribution in [-0.4, -0.2) is 15.7 Å². The van der Waals surface area contributed by atoms with Gasteiger partial charge in [0.1, 0.15) is 0 Å².